The van der Waals surface area contributed by atoms with Gasteiger partial charge in [0, 0.05) is 12.1 Å². The van der Waals surface area contributed by atoms with Gasteiger partial charge in [-0.2, -0.15) is 13.2 Å². The van der Waals surface area contributed by atoms with Crippen LogP contribution in [0.3, 0.4) is 0 Å². The van der Waals surface area contributed by atoms with Gasteiger partial charge in [-0.3, -0.25) is 4.79 Å². The molecule has 0 saturated carbocycles. The molecule has 0 saturated heterocycles. The molecule has 0 aliphatic rings. The van der Waals surface area contributed by atoms with Crippen LogP contribution < -0.4 is 20.1 Å². The molecular weight excluding hydrogens is 466 g/mol. The fourth-order valence-corrected chi connectivity index (χ4v) is 3.05. The first kappa shape index (κ1) is 25.3. The van der Waals surface area contributed by atoms with E-state index in [1.165, 1.54) is 37.5 Å². The molecule has 2 aromatic carbocycles. The summed E-state index contributed by atoms with van der Waals surface area (Å²) in [4.78, 5) is 17.3. The van der Waals surface area contributed by atoms with E-state index in [1.807, 2.05) is 0 Å². The average molecular weight is 487 g/mol. The van der Waals surface area contributed by atoms with Gasteiger partial charge < -0.3 is 20.1 Å². The van der Waals surface area contributed by atoms with E-state index < -0.39 is 23.5 Å². The lowest BCUT2D eigenvalue weighted by Gasteiger charge is -2.17. The highest BCUT2D eigenvalue weighted by Crippen LogP contribution is 2.35. The number of hydrogen-bond acceptors (Lipinski definition) is 5. The Hall–Kier alpha value is -4.34. The summed E-state index contributed by atoms with van der Waals surface area (Å²) < 4.78 is 64.4. The van der Waals surface area contributed by atoms with Gasteiger partial charge in [0.25, 0.3) is 5.91 Å². The third kappa shape index (κ3) is 6.17. The third-order valence-electron chi connectivity index (χ3n) is 4.71. The summed E-state index contributed by atoms with van der Waals surface area (Å²) in [6.45, 7) is 7.22. The van der Waals surface area contributed by atoms with Gasteiger partial charge in [0.05, 0.1) is 41.0 Å². The largest absolute Gasteiger partial charge is 0.487 e. The quantitative estimate of drug-likeness (QED) is 0.268. The molecule has 10 heteroatoms. The Morgan fingerprint density at radius 3 is 2.43 bits per heavy atom. The number of benzene rings is 2. The summed E-state index contributed by atoms with van der Waals surface area (Å²) in [5, 5.41) is 5.41. The zero-order valence-corrected chi connectivity index (χ0v) is 18.6. The number of methoxy groups -OCH3 is 1. The Morgan fingerprint density at radius 2 is 1.77 bits per heavy atom. The number of pyridine rings is 1. The van der Waals surface area contributed by atoms with Crippen molar-refractivity contribution in [1.29, 1.82) is 0 Å². The maximum absolute atomic E-state index is 13.7. The van der Waals surface area contributed by atoms with E-state index in [0.29, 0.717) is 0 Å². The van der Waals surface area contributed by atoms with Gasteiger partial charge in [0.15, 0.2) is 0 Å². The molecule has 0 aliphatic heterocycles. The molecule has 0 bridgehead atoms. The second-order valence-electron chi connectivity index (χ2n) is 7.07. The lowest BCUT2D eigenvalue weighted by molar-refractivity contribution is -0.137. The van der Waals surface area contributed by atoms with Crippen LogP contribution in [0.1, 0.15) is 21.6 Å². The first-order chi connectivity index (χ1) is 16.7. The van der Waals surface area contributed by atoms with E-state index in [-0.39, 0.29) is 46.6 Å². The molecule has 35 heavy (non-hydrogen) atoms. The number of alkyl halides is 3. The summed E-state index contributed by atoms with van der Waals surface area (Å²) in [5.41, 5.74) is -0.590. The van der Waals surface area contributed by atoms with Gasteiger partial charge in [0.2, 0.25) is 5.88 Å². The van der Waals surface area contributed by atoms with E-state index >= 15 is 0 Å². The SMILES string of the molecule is C=CCOc1cc(F)ccc1Nc1ccc(C(F)(F)F)cc1C(=O)Nc1ccc(OC)nc1C=C. The van der Waals surface area contributed by atoms with Crippen LogP contribution in [0.5, 0.6) is 11.6 Å². The van der Waals surface area contributed by atoms with E-state index in [9.17, 15) is 22.4 Å². The van der Waals surface area contributed by atoms with E-state index in [2.05, 4.69) is 28.8 Å². The van der Waals surface area contributed by atoms with Crippen molar-refractivity contribution in [2.75, 3.05) is 24.4 Å². The zero-order chi connectivity index (χ0) is 25.6. The standard InChI is InChI=1S/C25H21F4N3O3/c1-4-12-35-22-14-16(26)7-9-21(22)30-19-8-6-15(25(27,28)29)13-17(19)24(33)32-20-10-11-23(34-3)31-18(20)5-2/h4-11,13-14,30H,1-2,12H2,3H3,(H,32,33). The van der Waals surface area contributed by atoms with Crippen LogP contribution in [-0.2, 0) is 6.18 Å². The monoisotopic (exact) mass is 487 g/mol. The Balaban J connectivity index is 2.03. The lowest BCUT2D eigenvalue weighted by Crippen LogP contribution is -2.17. The van der Waals surface area contributed by atoms with E-state index in [4.69, 9.17) is 9.47 Å². The van der Waals surface area contributed by atoms with Gasteiger partial charge in [-0.05, 0) is 42.5 Å². The summed E-state index contributed by atoms with van der Waals surface area (Å²) in [6, 6.07) is 9.22. The molecular formula is C25H21F4N3O3. The Kier molecular flexibility index (Phi) is 7.75. The minimum absolute atomic E-state index is 0.0344. The highest BCUT2D eigenvalue weighted by molar-refractivity contribution is 6.09. The maximum Gasteiger partial charge on any atom is 0.416 e. The van der Waals surface area contributed by atoms with Crippen LogP contribution in [0.25, 0.3) is 6.08 Å². The number of amides is 1. The second kappa shape index (κ2) is 10.7. The number of hydrogen-bond donors (Lipinski definition) is 2. The van der Waals surface area contributed by atoms with Crippen molar-refractivity contribution in [3.63, 3.8) is 0 Å². The Bertz CT molecular complexity index is 1260. The number of aromatic nitrogens is 1. The van der Waals surface area contributed by atoms with Crippen molar-refractivity contribution < 1.29 is 31.8 Å². The van der Waals surface area contributed by atoms with Crippen molar-refractivity contribution in [2.24, 2.45) is 0 Å². The molecule has 6 nitrogen and oxygen atoms in total. The highest BCUT2D eigenvalue weighted by Gasteiger charge is 2.32. The first-order valence-corrected chi connectivity index (χ1v) is 10.2. The van der Waals surface area contributed by atoms with Gasteiger partial charge in [-0.15, -0.1) is 0 Å². The van der Waals surface area contributed by atoms with Crippen molar-refractivity contribution in [3.05, 3.63) is 90.4 Å². The Morgan fingerprint density at radius 1 is 1.06 bits per heavy atom. The van der Waals surface area contributed by atoms with Crippen LogP contribution in [0.4, 0.5) is 34.6 Å². The third-order valence-corrected chi connectivity index (χ3v) is 4.71. The van der Waals surface area contributed by atoms with Gasteiger partial charge in [0.1, 0.15) is 18.2 Å². The number of nitrogens with zero attached hydrogens (tertiary/aromatic N) is 1. The van der Waals surface area contributed by atoms with Gasteiger partial charge in [-0.25, -0.2) is 9.37 Å². The molecule has 0 aliphatic carbocycles. The number of halogens is 4. The van der Waals surface area contributed by atoms with Crippen molar-refractivity contribution in [3.8, 4) is 11.6 Å². The van der Waals surface area contributed by atoms with Gasteiger partial charge >= 0.3 is 6.18 Å². The Labute approximate surface area is 198 Å². The number of anilines is 3. The van der Waals surface area contributed by atoms with Crippen LogP contribution in [0.2, 0.25) is 0 Å². The number of nitrogens with one attached hydrogen (secondary N) is 2. The molecule has 0 radical (unpaired) electrons. The fraction of sp³-hybridized carbons (Fsp3) is 0.120. The second-order valence-corrected chi connectivity index (χ2v) is 7.07. The fourth-order valence-electron chi connectivity index (χ4n) is 3.05. The normalized spacial score (nSPS) is 10.9. The van der Waals surface area contributed by atoms with Crippen LogP contribution in [0, 0.1) is 5.82 Å². The number of carbonyl (C=O) groups excluding carboxylic acids is 1. The number of ether oxygens (including phenoxy) is 2. The number of rotatable bonds is 9. The van der Waals surface area contributed by atoms with E-state index in [1.54, 1.807) is 0 Å². The molecule has 2 N–H and O–H groups in total. The molecule has 182 valence electrons. The minimum Gasteiger partial charge on any atom is -0.487 e. The lowest BCUT2D eigenvalue weighted by atomic mass is 10.1. The van der Waals surface area contributed by atoms with E-state index in [0.717, 1.165) is 30.3 Å². The predicted molar refractivity (Wildman–Crippen MR) is 126 cm³/mol. The topological polar surface area (TPSA) is 72.5 Å². The zero-order valence-electron chi connectivity index (χ0n) is 18.6. The highest BCUT2D eigenvalue weighted by atomic mass is 19.4. The molecule has 3 aromatic rings. The molecule has 3 rings (SSSR count). The van der Waals surface area contributed by atoms with Crippen molar-refractivity contribution in [2.45, 2.75) is 6.18 Å². The number of carbonyl (C=O) groups is 1. The molecule has 0 fully saturated rings. The summed E-state index contributed by atoms with van der Waals surface area (Å²) in [6.07, 6.45) is -1.87. The minimum atomic E-state index is -4.68. The summed E-state index contributed by atoms with van der Waals surface area (Å²) >= 11 is 0. The van der Waals surface area contributed by atoms with Crippen LogP contribution in [-0.4, -0.2) is 24.6 Å². The molecule has 1 heterocycles. The van der Waals surface area contributed by atoms with Crippen molar-refractivity contribution in [1.82, 2.24) is 4.98 Å². The summed E-state index contributed by atoms with van der Waals surface area (Å²) in [7, 11) is 1.41. The molecule has 1 amide bonds. The van der Waals surface area contributed by atoms with Crippen LogP contribution >= 0.6 is 0 Å². The average Bonchev–Trinajstić information content (AvgIpc) is 2.83. The predicted octanol–water partition coefficient (Wildman–Crippen LogP) is 6.45. The summed E-state index contributed by atoms with van der Waals surface area (Å²) in [5.74, 6) is -1.07. The molecule has 0 atom stereocenters. The maximum atomic E-state index is 13.7. The van der Waals surface area contributed by atoms with Crippen LogP contribution in [0.15, 0.2) is 67.8 Å². The first-order valence-electron chi connectivity index (χ1n) is 10.2. The molecule has 0 unspecified atom stereocenters. The molecule has 1 aromatic heterocycles. The van der Waals surface area contributed by atoms with Crippen molar-refractivity contribution >= 4 is 29.0 Å². The van der Waals surface area contributed by atoms with Gasteiger partial charge in [-0.1, -0.05) is 19.2 Å². The smallest absolute Gasteiger partial charge is 0.416 e. The molecule has 0 spiro atoms.